The van der Waals surface area contributed by atoms with Gasteiger partial charge < -0.3 is 30.3 Å². The van der Waals surface area contributed by atoms with E-state index in [4.69, 9.17) is 4.74 Å². The van der Waals surface area contributed by atoms with Gasteiger partial charge in [-0.25, -0.2) is 0 Å². The summed E-state index contributed by atoms with van der Waals surface area (Å²) in [4.78, 5) is 35.5. The van der Waals surface area contributed by atoms with Crippen molar-refractivity contribution in [2.45, 2.75) is 50.3 Å². The minimum atomic E-state index is -1.56. The number of piperidine rings is 1. The fourth-order valence-corrected chi connectivity index (χ4v) is 2.53. The van der Waals surface area contributed by atoms with E-state index in [-0.39, 0.29) is 13.0 Å². The van der Waals surface area contributed by atoms with Crippen molar-refractivity contribution in [3.63, 3.8) is 0 Å². The number of ether oxygens (including phenoxy) is 1. The number of amides is 2. The summed E-state index contributed by atoms with van der Waals surface area (Å²) in [6.45, 7) is 1.43. The maximum atomic E-state index is 11.8. The molecule has 2 aliphatic heterocycles. The van der Waals surface area contributed by atoms with Crippen molar-refractivity contribution in [3.05, 3.63) is 0 Å². The van der Waals surface area contributed by atoms with Crippen LogP contribution in [0.1, 0.15) is 19.8 Å². The van der Waals surface area contributed by atoms with Crippen LogP contribution in [0.5, 0.6) is 0 Å². The van der Waals surface area contributed by atoms with Crippen LogP contribution in [0.15, 0.2) is 0 Å². The summed E-state index contributed by atoms with van der Waals surface area (Å²) >= 11 is 0. The monoisotopic (exact) mass is 302 g/mol. The summed E-state index contributed by atoms with van der Waals surface area (Å²) in [6.07, 6.45) is -4.98. The van der Waals surface area contributed by atoms with Crippen molar-refractivity contribution in [2.75, 3.05) is 6.61 Å². The molecule has 21 heavy (non-hydrogen) atoms. The fraction of sp³-hybridized carbons (Fsp3) is 0.750. The number of hydrogen-bond donors (Lipinski definition) is 4. The van der Waals surface area contributed by atoms with Gasteiger partial charge in [0.05, 0.1) is 6.04 Å². The van der Waals surface area contributed by atoms with Crippen molar-refractivity contribution in [1.82, 2.24) is 10.2 Å². The predicted octanol–water partition coefficient (Wildman–Crippen LogP) is -2.92. The minimum absolute atomic E-state index is 0.183. The second-order valence-corrected chi connectivity index (χ2v) is 5.10. The summed E-state index contributed by atoms with van der Waals surface area (Å²) in [6, 6.07) is -1.10. The van der Waals surface area contributed by atoms with E-state index in [1.807, 2.05) is 0 Å². The lowest BCUT2D eigenvalue weighted by Gasteiger charge is -2.44. The van der Waals surface area contributed by atoms with E-state index in [1.54, 1.807) is 6.92 Å². The molecule has 2 heterocycles. The second kappa shape index (κ2) is 5.96. The summed E-state index contributed by atoms with van der Waals surface area (Å²) in [5, 5.41) is 31.8. The number of carbonyl (C=O) groups is 3. The quantitative estimate of drug-likeness (QED) is 0.322. The Morgan fingerprint density at radius 2 is 1.90 bits per heavy atom. The zero-order valence-electron chi connectivity index (χ0n) is 11.4. The Balaban J connectivity index is 2.15. The number of hydrogen-bond acceptors (Lipinski definition) is 7. The Morgan fingerprint density at radius 3 is 2.52 bits per heavy atom. The van der Waals surface area contributed by atoms with Crippen LogP contribution in [0.25, 0.3) is 0 Å². The highest BCUT2D eigenvalue weighted by Crippen LogP contribution is 2.27. The van der Waals surface area contributed by atoms with Crippen molar-refractivity contribution >= 4 is 17.8 Å². The number of fused-ring (bicyclic) bond motifs is 1. The van der Waals surface area contributed by atoms with Crippen LogP contribution in [0.3, 0.4) is 0 Å². The number of aliphatic hydroxyl groups is 3. The van der Waals surface area contributed by atoms with Crippen LogP contribution in [-0.4, -0.2) is 75.1 Å². The first-order valence-electron chi connectivity index (χ1n) is 6.71. The zero-order valence-corrected chi connectivity index (χ0v) is 11.4. The van der Waals surface area contributed by atoms with E-state index in [2.05, 4.69) is 5.32 Å². The number of esters is 1. The highest BCUT2D eigenvalue weighted by molar-refractivity contribution is 6.37. The summed E-state index contributed by atoms with van der Waals surface area (Å²) in [5.74, 6) is -2.39. The van der Waals surface area contributed by atoms with Gasteiger partial charge in [0.15, 0.2) is 0 Å². The van der Waals surface area contributed by atoms with Gasteiger partial charge in [-0.2, -0.15) is 0 Å². The predicted molar refractivity (Wildman–Crippen MR) is 66.5 cm³/mol. The Labute approximate surface area is 120 Å². The first-order chi connectivity index (χ1) is 9.88. The van der Waals surface area contributed by atoms with Gasteiger partial charge in [0.1, 0.15) is 31.1 Å². The lowest BCUT2D eigenvalue weighted by Crippen LogP contribution is -2.68. The van der Waals surface area contributed by atoms with Crippen molar-refractivity contribution in [1.29, 1.82) is 0 Å². The molecular weight excluding hydrogens is 284 g/mol. The van der Waals surface area contributed by atoms with Crippen LogP contribution in [0, 0.1) is 0 Å². The van der Waals surface area contributed by atoms with Gasteiger partial charge in [-0.1, -0.05) is 6.92 Å². The van der Waals surface area contributed by atoms with Crippen LogP contribution < -0.4 is 5.32 Å². The molecule has 2 rings (SSSR count). The summed E-state index contributed by atoms with van der Waals surface area (Å²) in [5.41, 5.74) is 0. The molecule has 9 nitrogen and oxygen atoms in total. The molecule has 118 valence electrons. The van der Waals surface area contributed by atoms with Gasteiger partial charge in [0, 0.05) is 6.42 Å². The largest absolute Gasteiger partial charge is 0.463 e. The fourth-order valence-electron chi connectivity index (χ4n) is 2.53. The van der Waals surface area contributed by atoms with Gasteiger partial charge >= 0.3 is 17.8 Å². The molecule has 0 aromatic carbocycles. The summed E-state index contributed by atoms with van der Waals surface area (Å²) in [7, 11) is 0. The minimum Gasteiger partial charge on any atom is -0.463 e. The third-order valence-corrected chi connectivity index (χ3v) is 3.65. The SMILES string of the molecule is CCCC(=O)OC[C@@H]1[C@@H](O)[C@H](O)[C@H](O)C2NC(=O)C(=O)N21. The molecule has 0 saturated carbocycles. The molecule has 2 saturated heterocycles. The maximum Gasteiger partial charge on any atom is 0.314 e. The average molecular weight is 302 g/mol. The first kappa shape index (κ1) is 15.7. The van der Waals surface area contributed by atoms with Gasteiger partial charge in [-0.05, 0) is 6.42 Å². The smallest absolute Gasteiger partial charge is 0.314 e. The normalized spacial score (nSPS) is 35.4. The molecule has 5 atom stereocenters. The third kappa shape index (κ3) is 2.71. The highest BCUT2D eigenvalue weighted by atomic mass is 16.5. The van der Waals surface area contributed by atoms with Crippen LogP contribution in [0.2, 0.25) is 0 Å². The molecule has 2 fully saturated rings. The van der Waals surface area contributed by atoms with E-state index < -0.39 is 48.3 Å². The standard InChI is InChI=1S/C12H18N2O7/c1-2-3-6(15)21-4-5-7(16)8(17)9(18)10-13-11(19)12(20)14(5)10/h5,7-10,16-18H,2-4H2,1H3,(H,13,19)/t5-,7-,8+,9+,10?/m1/s1. The number of carbonyl (C=O) groups excluding carboxylic acids is 3. The van der Waals surface area contributed by atoms with Gasteiger partial charge in [-0.15, -0.1) is 0 Å². The molecule has 0 spiro atoms. The van der Waals surface area contributed by atoms with Crippen molar-refractivity contribution in [2.24, 2.45) is 0 Å². The van der Waals surface area contributed by atoms with Crippen LogP contribution >= 0.6 is 0 Å². The molecule has 9 heteroatoms. The molecule has 0 aromatic rings. The summed E-state index contributed by atoms with van der Waals surface area (Å²) < 4.78 is 4.94. The Hall–Kier alpha value is -1.71. The van der Waals surface area contributed by atoms with E-state index >= 15 is 0 Å². The van der Waals surface area contributed by atoms with E-state index in [0.29, 0.717) is 6.42 Å². The number of aliphatic hydroxyl groups excluding tert-OH is 3. The number of nitrogens with one attached hydrogen (secondary N) is 1. The molecule has 0 radical (unpaired) electrons. The lowest BCUT2D eigenvalue weighted by atomic mass is 9.92. The van der Waals surface area contributed by atoms with E-state index in [9.17, 15) is 29.7 Å². The molecule has 4 N–H and O–H groups in total. The molecule has 2 aliphatic rings. The van der Waals surface area contributed by atoms with Gasteiger partial charge in [0.2, 0.25) is 0 Å². The molecule has 0 bridgehead atoms. The van der Waals surface area contributed by atoms with Crippen molar-refractivity contribution in [3.8, 4) is 0 Å². The van der Waals surface area contributed by atoms with Crippen LogP contribution in [0.4, 0.5) is 0 Å². The Kier molecular flexibility index (Phi) is 4.45. The Morgan fingerprint density at radius 1 is 1.24 bits per heavy atom. The number of rotatable bonds is 4. The zero-order chi connectivity index (χ0) is 15.7. The molecule has 1 unspecified atom stereocenters. The number of nitrogens with zero attached hydrogens (tertiary/aromatic N) is 1. The maximum absolute atomic E-state index is 11.8. The second-order valence-electron chi connectivity index (χ2n) is 5.10. The van der Waals surface area contributed by atoms with Crippen molar-refractivity contribution < 1.29 is 34.4 Å². The Bertz CT molecular complexity index is 455. The molecule has 0 aromatic heterocycles. The molecule has 0 aliphatic carbocycles. The van der Waals surface area contributed by atoms with E-state index in [0.717, 1.165) is 4.90 Å². The highest BCUT2D eigenvalue weighted by Gasteiger charge is 2.55. The third-order valence-electron chi connectivity index (χ3n) is 3.65. The topological polar surface area (TPSA) is 136 Å². The molecular formula is C12H18N2O7. The molecule has 2 amide bonds. The first-order valence-corrected chi connectivity index (χ1v) is 6.71. The van der Waals surface area contributed by atoms with Crippen LogP contribution in [-0.2, 0) is 19.1 Å². The average Bonchev–Trinajstić information content (AvgIpc) is 2.73. The van der Waals surface area contributed by atoms with Gasteiger partial charge in [-0.3, -0.25) is 14.4 Å². The van der Waals surface area contributed by atoms with Gasteiger partial charge in [0.25, 0.3) is 0 Å². The lowest BCUT2D eigenvalue weighted by molar-refractivity contribution is -0.181. The van der Waals surface area contributed by atoms with E-state index in [1.165, 1.54) is 0 Å².